The van der Waals surface area contributed by atoms with E-state index < -0.39 is 12.0 Å². The molecular formula is C15H16N2O4. The van der Waals surface area contributed by atoms with Gasteiger partial charge in [-0.2, -0.15) is 0 Å². The van der Waals surface area contributed by atoms with Gasteiger partial charge in [0, 0.05) is 5.69 Å². The minimum Gasteiger partial charge on any atom is -0.478 e. The molecule has 110 valence electrons. The third-order valence-electron chi connectivity index (χ3n) is 3.05. The second kappa shape index (κ2) is 6.13. The van der Waals surface area contributed by atoms with Gasteiger partial charge in [-0.05, 0) is 43.7 Å². The molecule has 1 heterocycles. The van der Waals surface area contributed by atoms with Gasteiger partial charge in [-0.1, -0.05) is 6.07 Å². The first-order valence-electron chi connectivity index (χ1n) is 6.42. The number of carbonyl (C=O) groups excluding carboxylic acids is 1. The standard InChI is InChI=1S/C15H16N2O4/c1-9-5-6-11(14(18)19)8-12(9)17-15(20)16-10(2)13-4-3-7-21-13/h3-8,10H,1-2H3,(H,18,19)(H2,16,17,20). The molecule has 0 saturated carbocycles. The predicted octanol–water partition coefficient (Wildman–Crippen LogP) is 3.17. The van der Waals surface area contributed by atoms with E-state index in [0.717, 1.165) is 5.56 Å². The number of furan rings is 1. The first kappa shape index (κ1) is 14.6. The van der Waals surface area contributed by atoms with Gasteiger partial charge in [0.25, 0.3) is 0 Å². The normalized spacial score (nSPS) is 11.7. The van der Waals surface area contributed by atoms with Crippen molar-refractivity contribution in [2.75, 3.05) is 5.32 Å². The van der Waals surface area contributed by atoms with Crippen molar-refractivity contribution in [1.29, 1.82) is 0 Å². The molecule has 2 rings (SSSR count). The Morgan fingerprint density at radius 2 is 2.05 bits per heavy atom. The van der Waals surface area contributed by atoms with Gasteiger partial charge >= 0.3 is 12.0 Å². The van der Waals surface area contributed by atoms with Crippen molar-refractivity contribution in [3.8, 4) is 0 Å². The molecule has 0 fully saturated rings. The molecule has 1 atom stereocenters. The summed E-state index contributed by atoms with van der Waals surface area (Å²) in [5.41, 5.74) is 1.36. The minimum atomic E-state index is -1.04. The van der Waals surface area contributed by atoms with Gasteiger partial charge < -0.3 is 20.2 Å². The summed E-state index contributed by atoms with van der Waals surface area (Å²) in [6, 6.07) is 7.36. The molecule has 0 bridgehead atoms. The zero-order valence-electron chi connectivity index (χ0n) is 11.7. The largest absolute Gasteiger partial charge is 0.478 e. The van der Waals surface area contributed by atoms with Crippen LogP contribution in [-0.4, -0.2) is 17.1 Å². The molecule has 0 aliphatic rings. The number of anilines is 1. The average Bonchev–Trinajstić information content (AvgIpc) is 2.95. The molecule has 1 unspecified atom stereocenters. The molecule has 0 aliphatic carbocycles. The van der Waals surface area contributed by atoms with E-state index in [0.29, 0.717) is 11.4 Å². The van der Waals surface area contributed by atoms with Crippen molar-refractivity contribution in [3.63, 3.8) is 0 Å². The Kier molecular flexibility index (Phi) is 4.27. The summed E-state index contributed by atoms with van der Waals surface area (Å²) in [4.78, 5) is 22.9. The third kappa shape index (κ3) is 3.62. The van der Waals surface area contributed by atoms with Crippen molar-refractivity contribution in [1.82, 2.24) is 5.32 Å². The van der Waals surface area contributed by atoms with Crippen LogP contribution in [0.5, 0.6) is 0 Å². The van der Waals surface area contributed by atoms with Crippen LogP contribution in [0.25, 0.3) is 0 Å². The number of hydrogen-bond donors (Lipinski definition) is 3. The quantitative estimate of drug-likeness (QED) is 0.805. The molecule has 2 amide bonds. The number of amides is 2. The van der Waals surface area contributed by atoms with Crippen LogP contribution in [-0.2, 0) is 0 Å². The monoisotopic (exact) mass is 288 g/mol. The molecular weight excluding hydrogens is 272 g/mol. The molecule has 3 N–H and O–H groups in total. The van der Waals surface area contributed by atoms with Crippen LogP contribution in [0.1, 0.15) is 34.6 Å². The Morgan fingerprint density at radius 1 is 1.29 bits per heavy atom. The molecule has 1 aromatic heterocycles. The number of nitrogens with one attached hydrogen (secondary N) is 2. The van der Waals surface area contributed by atoms with Crippen molar-refractivity contribution in [2.45, 2.75) is 19.9 Å². The van der Waals surface area contributed by atoms with Gasteiger partial charge in [0.2, 0.25) is 0 Å². The first-order valence-corrected chi connectivity index (χ1v) is 6.42. The molecule has 6 nitrogen and oxygen atoms in total. The fraction of sp³-hybridized carbons (Fsp3) is 0.200. The molecule has 0 radical (unpaired) electrons. The molecule has 21 heavy (non-hydrogen) atoms. The highest BCUT2D eigenvalue weighted by molar-refractivity contribution is 5.94. The Hall–Kier alpha value is -2.76. The van der Waals surface area contributed by atoms with Crippen molar-refractivity contribution in [3.05, 3.63) is 53.5 Å². The molecule has 0 aliphatic heterocycles. The first-order chi connectivity index (χ1) is 9.97. The molecule has 0 spiro atoms. The number of hydrogen-bond acceptors (Lipinski definition) is 3. The lowest BCUT2D eigenvalue weighted by Crippen LogP contribution is -2.31. The highest BCUT2D eigenvalue weighted by Gasteiger charge is 2.13. The van der Waals surface area contributed by atoms with Gasteiger partial charge in [0.15, 0.2) is 0 Å². The lowest BCUT2D eigenvalue weighted by atomic mass is 10.1. The highest BCUT2D eigenvalue weighted by atomic mass is 16.4. The van der Waals surface area contributed by atoms with Crippen molar-refractivity contribution >= 4 is 17.7 Å². The van der Waals surface area contributed by atoms with Crippen LogP contribution < -0.4 is 10.6 Å². The van der Waals surface area contributed by atoms with E-state index in [1.165, 1.54) is 18.4 Å². The van der Waals surface area contributed by atoms with Gasteiger partial charge in [0.1, 0.15) is 5.76 Å². The summed E-state index contributed by atoms with van der Waals surface area (Å²) in [5, 5.41) is 14.3. The summed E-state index contributed by atoms with van der Waals surface area (Å²) in [7, 11) is 0. The lowest BCUT2D eigenvalue weighted by molar-refractivity contribution is 0.0697. The second-order valence-corrected chi connectivity index (χ2v) is 4.67. The molecule has 1 aromatic carbocycles. The van der Waals surface area contributed by atoms with E-state index in [2.05, 4.69) is 10.6 Å². The Morgan fingerprint density at radius 3 is 2.67 bits per heavy atom. The van der Waals surface area contributed by atoms with Crippen LogP contribution >= 0.6 is 0 Å². The number of aromatic carboxylic acids is 1. The number of carboxylic acid groups (broad SMARTS) is 1. The van der Waals surface area contributed by atoms with E-state index in [-0.39, 0.29) is 11.6 Å². The van der Waals surface area contributed by atoms with E-state index >= 15 is 0 Å². The highest BCUT2D eigenvalue weighted by Crippen LogP contribution is 2.18. The molecule has 6 heteroatoms. The maximum absolute atomic E-state index is 11.9. The van der Waals surface area contributed by atoms with Crippen LogP contribution in [0.15, 0.2) is 41.0 Å². The Bertz CT molecular complexity index is 650. The van der Waals surface area contributed by atoms with E-state index in [1.807, 2.05) is 0 Å². The number of aryl methyl sites for hydroxylation is 1. The van der Waals surface area contributed by atoms with E-state index in [4.69, 9.17) is 9.52 Å². The smallest absolute Gasteiger partial charge is 0.335 e. The average molecular weight is 288 g/mol. The van der Waals surface area contributed by atoms with Gasteiger partial charge in [-0.3, -0.25) is 0 Å². The van der Waals surface area contributed by atoms with Crippen LogP contribution in [0.4, 0.5) is 10.5 Å². The fourth-order valence-corrected chi connectivity index (χ4v) is 1.85. The summed E-state index contributed by atoms with van der Waals surface area (Å²) in [6.45, 7) is 3.58. The van der Waals surface area contributed by atoms with Crippen molar-refractivity contribution < 1.29 is 19.1 Å². The predicted molar refractivity (Wildman–Crippen MR) is 77.4 cm³/mol. The van der Waals surface area contributed by atoms with Gasteiger partial charge in [0.05, 0.1) is 17.9 Å². The number of rotatable bonds is 4. The van der Waals surface area contributed by atoms with Gasteiger partial charge in [-0.15, -0.1) is 0 Å². The van der Waals surface area contributed by atoms with E-state index in [9.17, 15) is 9.59 Å². The number of carboxylic acids is 1. The van der Waals surface area contributed by atoms with Crippen LogP contribution in [0.3, 0.4) is 0 Å². The van der Waals surface area contributed by atoms with E-state index in [1.54, 1.807) is 32.0 Å². The summed E-state index contributed by atoms with van der Waals surface area (Å²) >= 11 is 0. The summed E-state index contributed by atoms with van der Waals surface area (Å²) in [5.74, 6) is -0.399. The SMILES string of the molecule is Cc1ccc(C(=O)O)cc1NC(=O)NC(C)c1ccco1. The Labute approximate surface area is 121 Å². The number of carbonyl (C=O) groups is 2. The van der Waals surface area contributed by atoms with Gasteiger partial charge in [-0.25, -0.2) is 9.59 Å². The van der Waals surface area contributed by atoms with Crippen LogP contribution in [0.2, 0.25) is 0 Å². The topological polar surface area (TPSA) is 91.6 Å². The minimum absolute atomic E-state index is 0.120. The fourth-order valence-electron chi connectivity index (χ4n) is 1.85. The number of urea groups is 1. The number of benzene rings is 1. The second-order valence-electron chi connectivity index (χ2n) is 4.67. The maximum atomic E-state index is 11.9. The lowest BCUT2D eigenvalue weighted by Gasteiger charge is -2.14. The zero-order valence-corrected chi connectivity index (χ0v) is 11.7. The molecule has 0 saturated heterocycles. The van der Waals surface area contributed by atoms with Crippen molar-refractivity contribution in [2.24, 2.45) is 0 Å². The third-order valence-corrected chi connectivity index (χ3v) is 3.05. The van der Waals surface area contributed by atoms with Crippen LogP contribution in [0, 0.1) is 6.92 Å². The summed E-state index contributed by atoms with van der Waals surface area (Å²) in [6.07, 6.45) is 1.53. The molecule has 2 aromatic rings. The maximum Gasteiger partial charge on any atom is 0.335 e. The Balaban J connectivity index is 2.05. The zero-order chi connectivity index (χ0) is 15.4. The summed E-state index contributed by atoms with van der Waals surface area (Å²) < 4.78 is 5.20.